The largest absolute Gasteiger partial charge is 0.390 e. The Hall–Kier alpha value is -1.89. The van der Waals surface area contributed by atoms with Crippen molar-refractivity contribution in [2.24, 2.45) is 0 Å². The summed E-state index contributed by atoms with van der Waals surface area (Å²) in [6, 6.07) is 15.8. The standard InChI is InChI=1S/C24H36N2O3S/c1-4-6-17-25(18-7-5-2)19-23(27)20-26(22-15-13-21(3)14-16-22)30(28,29)24-11-9-8-10-12-24/h8-16,23,27H,4-7,17-20H2,1-3H3/t23-/m1/s1. The molecule has 30 heavy (non-hydrogen) atoms. The van der Waals surface area contributed by atoms with E-state index in [1.165, 1.54) is 4.31 Å². The molecule has 2 aromatic rings. The van der Waals surface area contributed by atoms with Gasteiger partial charge in [-0.2, -0.15) is 0 Å². The van der Waals surface area contributed by atoms with Gasteiger partial charge in [-0.1, -0.05) is 62.6 Å². The average molecular weight is 433 g/mol. The highest BCUT2D eigenvalue weighted by molar-refractivity contribution is 7.92. The molecule has 2 rings (SSSR count). The van der Waals surface area contributed by atoms with E-state index in [0.717, 1.165) is 44.3 Å². The quantitative estimate of drug-likeness (QED) is 0.508. The first kappa shape index (κ1) is 24.4. The van der Waals surface area contributed by atoms with Crippen molar-refractivity contribution < 1.29 is 13.5 Å². The summed E-state index contributed by atoms with van der Waals surface area (Å²) in [6.07, 6.45) is 3.55. The molecule has 6 heteroatoms. The van der Waals surface area contributed by atoms with Gasteiger partial charge in [0, 0.05) is 6.54 Å². The van der Waals surface area contributed by atoms with Crippen molar-refractivity contribution in [1.29, 1.82) is 0 Å². The Morgan fingerprint density at radius 2 is 1.43 bits per heavy atom. The lowest BCUT2D eigenvalue weighted by molar-refractivity contribution is 0.117. The van der Waals surface area contributed by atoms with E-state index >= 15 is 0 Å². The zero-order valence-corrected chi connectivity index (χ0v) is 19.3. The van der Waals surface area contributed by atoms with E-state index < -0.39 is 16.1 Å². The van der Waals surface area contributed by atoms with Crippen molar-refractivity contribution in [3.05, 3.63) is 60.2 Å². The molecule has 0 amide bonds. The monoisotopic (exact) mass is 432 g/mol. The van der Waals surface area contributed by atoms with Gasteiger partial charge in [-0.15, -0.1) is 0 Å². The van der Waals surface area contributed by atoms with Gasteiger partial charge in [0.1, 0.15) is 0 Å². The maximum atomic E-state index is 13.4. The highest BCUT2D eigenvalue weighted by atomic mass is 32.2. The van der Waals surface area contributed by atoms with Crippen molar-refractivity contribution in [1.82, 2.24) is 4.90 Å². The minimum atomic E-state index is -3.78. The molecule has 2 aromatic carbocycles. The molecule has 0 spiro atoms. The number of sulfonamides is 1. The van der Waals surface area contributed by atoms with E-state index in [1.807, 2.05) is 19.1 Å². The van der Waals surface area contributed by atoms with Crippen LogP contribution >= 0.6 is 0 Å². The lowest BCUT2D eigenvalue weighted by Crippen LogP contribution is -2.43. The second-order valence-electron chi connectivity index (χ2n) is 7.85. The van der Waals surface area contributed by atoms with Crippen LogP contribution in [0, 0.1) is 6.92 Å². The molecule has 5 nitrogen and oxygen atoms in total. The Labute approximate surface area is 182 Å². The molecule has 0 saturated carbocycles. The van der Waals surface area contributed by atoms with Crippen molar-refractivity contribution in [2.75, 3.05) is 30.5 Å². The van der Waals surface area contributed by atoms with Crippen LogP contribution in [-0.2, 0) is 10.0 Å². The van der Waals surface area contributed by atoms with Gasteiger partial charge in [0.2, 0.25) is 0 Å². The van der Waals surface area contributed by atoms with Crippen LogP contribution in [0.4, 0.5) is 5.69 Å². The maximum Gasteiger partial charge on any atom is 0.264 e. The van der Waals surface area contributed by atoms with E-state index in [2.05, 4.69) is 18.7 Å². The van der Waals surface area contributed by atoms with Crippen LogP contribution in [0.5, 0.6) is 0 Å². The fourth-order valence-corrected chi connectivity index (χ4v) is 4.90. The van der Waals surface area contributed by atoms with Crippen LogP contribution in [0.1, 0.15) is 45.1 Å². The van der Waals surface area contributed by atoms with E-state index in [4.69, 9.17) is 0 Å². The van der Waals surface area contributed by atoms with Crippen LogP contribution in [0.15, 0.2) is 59.5 Å². The summed E-state index contributed by atoms with van der Waals surface area (Å²) in [5, 5.41) is 10.9. The molecular formula is C24H36N2O3S. The van der Waals surface area contributed by atoms with Crippen molar-refractivity contribution in [3.8, 4) is 0 Å². The number of unbranched alkanes of at least 4 members (excludes halogenated alkanes) is 2. The molecule has 0 aromatic heterocycles. The second-order valence-corrected chi connectivity index (χ2v) is 9.71. The Balaban J connectivity index is 2.25. The maximum absolute atomic E-state index is 13.4. The molecule has 0 aliphatic carbocycles. The van der Waals surface area contributed by atoms with Crippen LogP contribution in [0.3, 0.4) is 0 Å². The van der Waals surface area contributed by atoms with Gasteiger partial charge < -0.3 is 10.0 Å². The summed E-state index contributed by atoms with van der Waals surface area (Å²) in [5.41, 5.74) is 1.62. The summed E-state index contributed by atoms with van der Waals surface area (Å²) >= 11 is 0. The van der Waals surface area contributed by atoms with E-state index in [1.54, 1.807) is 42.5 Å². The van der Waals surface area contributed by atoms with Gasteiger partial charge >= 0.3 is 0 Å². The minimum Gasteiger partial charge on any atom is -0.390 e. The molecule has 0 bridgehead atoms. The lowest BCUT2D eigenvalue weighted by Gasteiger charge is -2.30. The summed E-state index contributed by atoms with van der Waals surface area (Å²) in [5.74, 6) is 0. The third-order valence-electron chi connectivity index (χ3n) is 5.15. The topological polar surface area (TPSA) is 60.9 Å². The van der Waals surface area contributed by atoms with Gasteiger partial charge in [-0.3, -0.25) is 4.31 Å². The number of aliphatic hydroxyl groups excluding tert-OH is 1. The van der Waals surface area contributed by atoms with Crippen molar-refractivity contribution >= 4 is 15.7 Å². The zero-order chi connectivity index (χ0) is 22.0. The number of aryl methyl sites for hydroxylation is 1. The van der Waals surface area contributed by atoms with Crippen molar-refractivity contribution in [3.63, 3.8) is 0 Å². The summed E-state index contributed by atoms with van der Waals surface area (Å²) in [7, 11) is -3.78. The molecule has 0 aliphatic rings. The first-order valence-corrected chi connectivity index (χ1v) is 12.4. The first-order valence-electron chi connectivity index (χ1n) is 10.9. The van der Waals surface area contributed by atoms with Crippen LogP contribution in [0.25, 0.3) is 0 Å². The Morgan fingerprint density at radius 1 is 0.867 bits per heavy atom. The highest BCUT2D eigenvalue weighted by Crippen LogP contribution is 2.24. The Morgan fingerprint density at radius 3 is 1.97 bits per heavy atom. The van der Waals surface area contributed by atoms with Gasteiger partial charge in [-0.25, -0.2) is 8.42 Å². The van der Waals surface area contributed by atoms with Gasteiger partial charge in [0.15, 0.2) is 0 Å². The molecular weight excluding hydrogens is 396 g/mol. The van der Waals surface area contributed by atoms with Crippen molar-refractivity contribution in [2.45, 2.75) is 57.5 Å². The van der Waals surface area contributed by atoms with Crippen LogP contribution in [0.2, 0.25) is 0 Å². The molecule has 0 unspecified atom stereocenters. The molecule has 0 saturated heterocycles. The molecule has 0 aliphatic heterocycles. The molecule has 0 fully saturated rings. The number of nitrogens with zero attached hydrogens (tertiary/aromatic N) is 2. The first-order chi connectivity index (χ1) is 14.4. The van der Waals surface area contributed by atoms with E-state index in [9.17, 15) is 13.5 Å². The lowest BCUT2D eigenvalue weighted by atomic mass is 10.2. The van der Waals surface area contributed by atoms with E-state index in [0.29, 0.717) is 12.2 Å². The number of aliphatic hydroxyl groups is 1. The minimum absolute atomic E-state index is 0.0229. The average Bonchev–Trinajstić information content (AvgIpc) is 2.75. The Bertz CT molecular complexity index is 831. The second kappa shape index (κ2) is 12.1. The summed E-state index contributed by atoms with van der Waals surface area (Å²) < 4.78 is 28.1. The normalized spacial score (nSPS) is 12.8. The summed E-state index contributed by atoms with van der Waals surface area (Å²) in [6.45, 7) is 8.60. The number of hydrogen-bond donors (Lipinski definition) is 1. The van der Waals surface area contributed by atoms with Gasteiger partial charge in [0.05, 0.1) is 23.2 Å². The molecule has 0 radical (unpaired) electrons. The van der Waals surface area contributed by atoms with Crippen LogP contribution in [-0.4, -0.2) is 50.7 Å². The fraction of sp³-hybridized carbons (Fsp3) is 0.500. The molecule has 0 heterocycles. The third kappa shape index (κ3) is 7.11. The predicted octanol–water partition coefficient (Wildman–Crippen LogP) is 4.45. The zero-order valence-electron chi connectivity index (χ0n) is 18.5. The molecule has 1 atom stereocenters. The van der Waals surface area contributed by atoms with Crippen LogP contribution < -0.4 is 4.31 Å². The SMILES string of the molecule is CCCCN(CCCC)C[C@@H](O)CN(c1ccc(C)cc1)S(=O)(=O)c1ccccc1. The highest BCUT2D eigenvalue weighted by Gasteiger charge is 2.27. The molecule has 1 N–H and O–H groups in total. The fourth-order valence-electron chi connectivity index (χ4n) is 3.38. The smallest absolute Gasteiger partial charge is 0.264 e. The summed E-state index contributed by atoms with van der Waals surface area (Å²) in [4.78, 5) is 2.48. The van der Waals surface area contributed by atoms with Gasteiger partial charge in [-0.05, 0) is 57.1 Å². The number of benzene rings is 2. The number of rotatable bonds is 13. The Kier molecular flexibility index (Phi) is 9.82. The van der Waals surface area contributed by atoms with Gasteiger partial charge in [0.25, 0.3) is 10.0 Å². The molecule has 166 valence electrons. The number of hydrogen-bond acceptors (Lipinski definition) is 4. The number of anilines is 1. The predicted molar refractivity (Wildman–Crippen MR) is 124 cm³/mol. The van der Waals surface area contributed by atoms with E-state index in [-0.39, 0.29) is 11.4 Å². The third-order valence-corrected chi connectivity index (χ3v) is 6.96.